The quantitative estimate of drug-likeness (QED) is 0.600. The summed E-state index contributed by atoms with van der Waals surface area (Å²) in [5.41, 5.74) is 6.06. The molecule has 64 valence electrons. The highest BCUT2D eigenvalue weighted by atomic mass is 16.2. The molecule has 0 aromatic carbocycles. The van der Waals surface area contributed by atoms with Crippen molar-refractivity contribution in [1.29, 1.82) is 0 Å². The van der Waals surface area contributed by atoms with E-state index in [9.17, 15) is 4.79 Å². The van der Waals surface area contributed by atoms with E-state index in [1.165, 1.54) is 0 Å². The molecule has 0 radical (unpaired) electrons. The Morgan fingerprint density at radius 2 is 2.18 bits per heavy atom. The van der Waals surface area contributed by atoms with Gasteiger partial charge >= 0.3 is 0 Å². The van der Waals surface area contributed by atoms with Crippen LogP contribution in [-0.2, 0) is 4.79 Å². The summed E-state index contributed by atoms with van der Waals surface area (Å²) in [7, 11) is 1.75. The Kier molecular flexibility index (Phi) is 4.54. The molecular weight excluding hydrogens is 140 g/mol. The molecule has 0 saturated carbocycles. The van der Waals surface area contributed by atoms with Gasteiger partial charge < -0.3 is 10.6 Å². The van der Waals surface area contributed by atoms with Crippen LogP contribution >= 0.6 is 0 Å². The Morgan fingerprint density at radius 1 is 1.64 bits per heavy atom. The second-order valence-corrected chi connectivity index (χ2v) is 2.49. The number of hydrogen-bond acceptors (Lipinski definition) is 2. The molecular formula is C8H16N2O. The van der Waals surface area contributed by atoms with Crippen LogP contribution in [0, 0.1) is 0 Å². The Hall–Kier alpha value is -0.830. The Morgan fingerprint density at radius 3 is 2.55 bits per heavy atom. The maximum Gasteiger partial charge on any atom is 0.248 e. The van der Waals surface area contributed by atoms with Gasteiger partial charge in [-0.05, 0) is 13.8 Å². The fraction of sp³-hybridized carbons (Fsp3) is 0.625. The molecule has 0 fully saturated rings. The molecule has 0 saturated heterocycles. The van der Waals surface area contributed by atoms with Gasteiger partial charge in [0.25, 0.3) is 0 Å². The number of likely N-dealkylation sites (N-methyl/N-ethyl adjacent to an activating group) is 1. The highest BCUT2D eigenvalue weighted by Crippen LogP contribution is 1.97. The van der Waals surface area contributed by atoms with Gasteiger partial charge in [0.1, 0.15) is 0 Å². The molecule has 0 aliphatic rings. The Labute approximate surface area is 67.9 Å². The first kappa shape index (κ1) is 10.2. The molecule has 0 rings (SSSR count). The average molecular weight is 156 g/mol. The number of hydrogen-bond donors (Lipinski definition) is 1. The van der Waals surface area contributed by atoms with Gasteiger partial charge in [0.15, 0.2) is 0 Å². The largest absolute Gasteiger partial charge is 0.341 e. The normalized spacial score (nSPS) is 11.5. The SMILES string of the molecule is CC=C(C)C(=O)N(C)CCN. The molecule has 3 nitrogen and oxygen atoms in total. The Bertz CT molecular complexity index is 163. The summed E-state index contributed by atoms with van der Waals surface area (Å²) in [6.45, 7) is 4.78. The number of allylic oxidation sites excluding steroid dienone is 1. The monoisotopic (exact) mass is 156 g/mol. The molecule has 1 amide bonds. The van der Waals surface area contributed by atoms with Crippen molar-refractivity contribution in [2.45, 2.75) is 13.8 Å². The predicted octanol–water partition coefficient (Wildman–Crippen LogP) is 0.370. The predicted molar refractivity (Wildman–Crippen MR) is 46.1 cm³/mol. The molecule has 0 heterocycles. The van der Waals surface area contributed by atoms with Gasteiger partial charge in [-0.15, -0.1) is 0 Å². The fourth-order valence-electron chi connectivity index (χ4n) is 0.720. The van der Waals surface area contributed by atoms with Gasteiger partial charge in [0, 0.05) is 25.7 Å². The highest BCUT2D eigenvalue weighted by molar-refractivity contribution is 5.92. The number of carbonyl (C=O) groups excluding carboxylic acids is 1. The van der Waals surface area contributed by atoms with Crippen molar-refractivity contribution in [3.05, 3.63) is 11.6 Å². The summed E-state index contributed by atoms with van der Waals surface area (Å²) in [5, 5.41) is 0. The maximum absolute atomic E-state index is 11.3. The number of carbonyl (C=O) groups is 1. The van der Waals surface area contributed by atoms with E-state index in [4.69, 9.17) is 5.73 Å². The van der Waals surface area contributed by atoms with E-state index in [1.54, 1.807) is 24.9 Å². The van der Waals surface area contributed by atoms with Crippen LogP contribution in [0.25, 0.3) is 0 Å². The zero-order valence-electron chi connectivity index (χ0n) is 7.42. The van der Waals surface area contributed by atoms with Gasteiger partial charge in [-0.1, -0.05) is 6.08 Å². The van der Waals surface area contributed by atoms with E-state index in [-0.39, 0.29) is 5.91 Å². The maximum atomic E-state index is 11.3. The van der Waals surface area contributed by atoms with Crippen LogP contribution in [-0.4, -0.2) is 30.9 Å². The van der Waals surface area contributed by atoms with E-state index in [0.29, 0.717) is 13.1 Å². The molecule has 0 atom stereocenters. The lowest BCUT2D eigenvalue weighted by molar-refractivity contribution is -0.125. The Balaban J connectivity index is 4.02. The molecule has 0 aromatic heterocycles. The van der Waals surface area contributed by atoms with Gasteiger partial charge in [0.05, 0.1) is 0 Å². The molecule has 0 unspecified atom stereocenters. The lowest BCUT2D eigenvalue weighted by Gasteiger charge is -2.15. The molecule has 3 heteroatoms. The lowest BCUT2D eigenvalue weighted by Crippen LogP contribution is -2.32. The topological polar surface area (TPSA) is 46.3 Å². The van der Waals surface area contributed by atoms with E-state index < -0.39 is 0 Å². The van der Waals surface area contributed by atoms with Crippen LogP contribution in [0.2, 0.25) is 0 Å². The molecule has 11 heavy (non-hydrogen) atoms. The van der Waals surface area contributed by atoms with Crippen LogP contribution < -0.4 is 5.73 Å². The molecule has 0 aliphatic heterocycles. The zero-order chi connectivity index (χ0) is 8.85. The zero-order valence-corrected chi connectivity index (χ0v) is 7.42. The van der Waals surface area contributed by atoms with E-state index in [0.717, 1.165) is 5.57 Å². The van der Waals surface area contributed by atoms with Gasteiger partial charge in [-0.3, -0.25) is 4.79 Å². The minimum absolute atomic E-state index is 0.0537. The second kappa shape index (κ2) is 4.91. The third-order valence-electron chi connectivity index (χ3n) is 1.58. The van der Waals surface area contributed by atoms with Crippen molar-refractivity contribution < 1.29 is 4.79 Å². The summed E-state index contributed by atoms with van der Waals surface area (Å²) in [5.74, 6) is 0.0537. The highest BCUT2D eigenvalue weighted by Gasteiger charge is 2.07. The molecule has 0 bridgehead atoms. The van der Waals surface area contributed by atoms with E-state index >= 15 is 0 Å². The number of amides is 1. The van der Waals surface area contributed by atoms with Crippen molar-refractivity contribution in [2.75, 3.05) is 20.1 Å². The minimum Gasteiger partial charge on any atom is -0.341 e. The van der Waals surface area contributed by atoms with Crippen LogP contribution in [0.5, 0.6) is 0 Å². The van der Waals surface area contributed by atoms with Crippen molar-refractivity contribution in [3.63, 3.8) is 0 Å². The molecule has 0 aromatic rings. The minimum atomic E-state index is 0.0537. The fourth-order valence-corrected chi connectivity index (χ4v) is 0.720. The summed E-state index contributed by atoms with van der Waals surface area (Å²) in [4.78, 5) is 12.9. The third kappa shape index (κ3) is 3.18. The molecule has 2 N–H and O–H groups in total. The smallest absolute Gasteiger partial charge is 0.248 e. The third-order valence-corrected chi connectivity index (χ3v) is 1.58. The summed E-state index contributed by atoms with van der Waals surface area (Å²) >= 11 is 0. The first-order valence-corrected chi connectivity index (χ1v) is 3.72. The lowest BCUT2D eigenvalue weighted by atomic mass is 10.2. The van der Waals surface area contributed by atoms with Gasteiger partial charge in [-0.25, -0.2) is 0 Å². The van der Waals surface area contributed by atoms with Crippen molar-refractivity contribution in [1.82, 2.24) is 4.90 Å². The summed E-state index contributed by atoms with van der Waals surface area (Å²) < 4.78 is 0. The standard InChI is InChI=1S/C8H16N2O/c1-4-7(2)8(11)10(3)6-5-9/h4H,5-6,9H2,1-3H3. The van der Waals surface area contributed by atoms with Crippen LogP contribution in [0.15, 0.2) is 11.6 Å². The second-order valence-electron chi connectivity index (χ2n) is 2.49. The first-order chi connectivity index (χ1) is 5.13. The summed E-state index contributed by atoms with van der Waals surface area (Å²) in [6.07, 6.45) is 1.80. The van der Waals surface area contributed by atoms with Crippen molar-refractivity contribution >= 4 is 5.91 Å². The summed E-state index contributed by atoms with van der Waals surface area (Å²) in [6, 6.07) is 0. The number of rotatable bonds is 3. The number of nitrogens with two attached hydrogens (primary N) is 1. The average Bonchev–Trinajstić information content (AvgIpc) is 2.02. The number of nitrogens with zero attached hydrogens (tertiary/aromatic N) is 1. The van der Waals surface area contributed by atoms with Crippen molar-refractivity contribution in [3.8, 4) is 0 Å². The van der Waals surface area contributed by atoms with Gasteiger partial charge in [-0.2, -0.15) is 0 Å². The first-order valence-electron chi connectivity index (χ1n) is 3.72. The van der Waals surface area contributed by atoms with E-state index in [2.05, 4.69) is 0 Å². The van der Waals surface area contributed by atoms with Crippen LogP contribution in [0.4, 0.5) is 0 Å². The van der Waals surface area contributed by atoms with Crippen LogP contribution in [0.1, 0.15) is 13.8 Å². The van der Waals surface area contributed by atoms with Crippen molar-refractivity contribution in [2.24, 2.45) is 5.73 Å². The van der Waals surface area contributed by atoms with E-state index in [1.807, 2.05) is 6.92 Å². The van der Waals surface area contributed by atoms with Gasteiger partial charge in [0.2, 0.25) is 5.91 Å². The van der Waals surface area contributed by atoms with Crippen LogP contribution in [0.3, 0.4) is 0 Å². The molecule has 0 aliphatic carbocycles. The molecule has 0 spiro atoms.